The number of nitrogens with one attached hydrogen (secondary N) is 2. The zero-order chi connectivity index (χ0) is 19.6. The van der Waals surface area contributed by atoms with Crippen molar-refractivity contribution in [3.8, 4) is 18.1 Å². The van der Waals surface area contributed by atoms with E-state index in [0.717, 1.165) is 0 Å². The average Bonchev–Trinajstić information content (AvgIpc) is 2.70. The summed E-state index contributed by atoms with van der Waals surface area (Å²) < 4.78 is 10.0. The fraction of sp³-hybridized carbons (Fsp3) is 0.150. The van der Waals surface area contributed by atoms with Gasteiger partial charge in [-0.15, -0.1) is 6.42 Å². The Morgan fingerprint density at radius 1 is 1.07 bits per heavy atom. The van der Waals surface area contributed by atoms with E-state index in [1.165, 1.54) is 13.2 Å². The van der Waals surface area contributed by atoms with E-state index >= 15 is 0 Å². The number of carbonyl (C=O) groups excluding carboxylic acids is 3. The molecule has 0 saturated carbocycles. The average molecular weight is 366 g/mol. The van der Waals surface area contributed by atoms with E-state index in [-0.39, 0.29) is 17.8 Å². The summed E-state index contributed by atoms with van der Waals surface area (Å²) in [6, 6.07) is 12.9. The molecule has 0 fully saturated rings. The lowest BCUT2D eigenvalue weighted by Gasteiger charge is -2.11. The van der Waals surface area contributed by atoms with E-state index in [1.54, 1.807) is 42.5 Å². The molecule has 0 spiro atoms. The Bertz CT molecular complexity index is 869. The van der Waals surface area contributed by atoms with Crippen LogP contribution in [-0.4, -0.2) is 38.0 Å². The van der Waals surface area contributed by atoms with Crippen LogP contribution in [0.2, 0.25) is 0 Å². The van der Waals surface area contributed by atoms with Gasteiger partial charge < -0.3 is 20.1 Å². The molecule has 0 unspecified atom stereocenters. The van der Waals surface area contributed by atoms with Gasteiger partial charge in [-0.3, -0.25) is 9.59 Å². The standard InChI is InChI=1S/C20H18N2O5/c1-3-12-21-18(23)13-27-20(25)16-6-4-5-7-17(16)22-19(24)14-8-10-15(26-2)11-9-14/h1,4-11H,12-13H2,2H3,(H,21,23)(H,22,24). The Morgan fingerprint density at radius 2 is 1.78 bits per heavy atom. The van der Waals surface area contributed by atoms with Gasteiger partial charge in [-0.05, 0) is 36.4 Å². The minimum Gasteiger partial charge on any atom is -0.497 e. The first-order chi connectivity index (χ1) is 13.0. The van der Waals surface area contributed by atoms with E-state index in [1.807, 2.05) is 0 Å². The highest BCUT2D eigenvalue weighted by Gasteiger charge is 2.16. The first kappa shape index (κ1) is 19.5. The zero-order valence-electron chi connectivity index (χ0n) is 14.7. The number of methoxy groups -OCH3 is 1. The molecule has 0 saturated heterocycles. The van der Waals surface area contributed by atoms with E-state index in [0.29, 0.717) is 11.3 Å². The maximum Gasteiger partial charge on any atom is 0.340 e. The summed E-state index contributed by atoms with van der Waals surface area (Å²) in [5.74, 6) is 1.22. The van der Waals surface area contributed by atoms with E-state index in [4.69, 9.17) is 15.9 Å². The third kappa shape index (κ3) is 5.61. The molecule has 27 heavy (non-hydrogen) atoms. The molecule has 138 valence electrons. The van der Waals surface area contributed by atoms with Crippen LogP contribution in [0.1, 0.15) is 20.7 Å². The Morgan fingerprint density at radius 3 is 2.44 bits per heavy atom. The van der Waals surface area contributed by atoms with Gasteiger partial charge in [0.1, 0.15) is 5.75 Å². The van der Waals surface area contributed by atoms with Gasteiger partial charge in [0.15, 0.2) is 6.61 Å². The highest BCUT2D eigenvalue weighted by atomic mass is 16.5. The number of hydrogen-bond donors (Lipinski definition) is 2. The predicted octanol–water partition coefficient (Wildman–Crippen LogP) is 1.85. The number of ether oxygens (including phenoxy) is 2. The van der Waals surface area contributed by atoms with Crippen molar-refractivity contribution >= 4 is 23.5 Å². The summed E-state index contributed by atoms with van der Waals surface area (Å²) in [6.45, 7) is -0.424. The van der Waals surface area contributed by atoms with Crippen molar-refractivity contribution < 1.29 is 23.9 Å². The molecular weight excluding hydrogens is 348 g/mol. The molecule has 2 aromatic carbocycles. The van der Waals surface area contributed by atoms with Crippen molar-refractivity contribution in [3.63, 3.8) is 0 Å². The summed E-state index contributed by atoms with van der Waals surface area (Å²) in [5, 5.41) is 5.04. The summed E-state index contributed by atoms with van der Waals surface area (Å²) in [7, 11) is 1.53. The molecular formula is C20H18N2O5. The second kappa shape index (κ2) is 9.63. The normalized spacial score (nSPS) is 9.63. The Kier molecular flexibility index (Phi) is 6.97. The number of esters is 1. The zero-order valence-corrected chi connectivity index (χ0v) is 14.7. The number of para-hydroxylation sites is 1. The van der Waals surface area contributed by atoms with Crippen molar-refractivity contribution in [2.75, 3.05) is 25.6 Å². The van der Waals surface area contributed by atoms with E-state index in [2.05, 4.69) is 16.6 Å². The predicted molar refractivity (Wildman–Crippen MR) is 99.5 cm³/mol. The van der Waals surface area contributed by atoms with Crippen molar-refractivity contribution in [2.45, 2.75) is 0 Å². The largest absolute Gasteiger partial charge is 0.497 e. The lowest BCUT2D eigenvalue weighted by atomic mass is 10.1. The number of rotatable bonds is 7. The highest BCUT2D eigenvalue weighted by Crippen LogP contribution is 2.18. The molecule has 0 radical (unpaired) electrons. The molecule has 0 aliphatic carbocycles. The molecule has 0 aliphatic heterocycles. The SMILES string of the molecule is C#CCNC(=O)COC(=O)c1ccccc1NC(=O)c1ccc(OC)cc1. The van der Waals surface area contributed by atoms with Crippen LogP contribution in [0, 0.1) is 12.3 Å². The van der Waals surface area contributed by atoms with Crippen LogP contribution < -0.4 is 15.4 Å². The van der Waals surface area contributed by atoms with E-state index < -0.39 is 24.4 Å². The molecule has 7 nitrogen and oxygen atoms in total. The number of benzene rings is 2. The first-order valence-electron chi connectivity index (χ1n) is 7.97. The van der Waals surface area contributed by atoms with Gasteiger partial charge >= 0.3 is 5.97 Å². The van der Waals surface area contributed by atoms with Gasteiger partial charge in [0.05, 0.1) is 24.9 Å². The Hall–Kier alpha value is -3.79. The molecule has 0 aromatic heterocycles. The maximum absolute atomic E-state index is 12.4. The minimum absolute atomic E-state index is 0.0465. The number of amides is 2. The Labute approximate surface area is 156 Å². The van der Waals surface area contributed by atoms with Crippen LogP contribution >= 0.6 is 0 Å². The van der Waals surface area contributed by atoms with Gasteiger partial charge in [0.25, 0.3) is 11.8 Å². The molecule has 2 amide bonds. The van der Waals surface area contributed by atoms with E-state index in [9.17, 15) is 14.4 Å². The van der Waals surface area contributed by atoms with Gasteiger partial charge in [0, 0.05) is 5.56 Å². The first-order valence-corrected chi connectivity index (χ1v) is 7.97. The number of hydrogen-bond acceptors (Lipinski definition) is 5. The van der Waals surface area contributed by atoms with Crippen molar-refractivity contribution in [3.05, 3.63) is 59.7 Å². The summed E-state index contributed by atoms with van der Waals surface area (Å²) in [4.78, 5) is 36.1. The lowest BCUT2D eigenvalue weighted by Crippen LogP contribution is -2.29. The van der Waals surface area contributed by atoms with Gasteiger partial charge in [0.2, 0.25) is 0 Å². The molecule has 2 N–H and O–H groups in total. The maximum atomic E-state index is 12.4. The van der Waals surface area contributed by atoms with Crippen molar-refractivity contribution in [1.82, 2.24) is 5.32 Å². The quantitative estimate of drug-likeness (QED) is 0.576. The highest BCUT2D eigenvalue weighted by molar-refractivity contribution is 6.08. The molecule has 2 aromatic rings. The Balaban J connectivity index is 2.05. The molecule has 0 aliphatic rings. The molecule has 0 bridgehead atoms. The number of carbonyl (C=O) groups is 3. The topological polar surface area (TPSA) is 93.7 Å². The van der Waals surface area contributed by atoms with Gasteiger partial charge in [-0.25, -0.2) is 4.79 Å². The van der Waals surface area contributed by atoms with Crippen LogP contribution in [0.3, 0.4) is 0 Å². The minimum atomic E-state index is -0.739. The number of terminal acetylenes is 1. The van der Waals surface area contributed by atoms with Crippen molar-refractivity contribution in [1.29, 1.82) is 0 Å². The van der Waals surface area contributed by atoms with Crippen LogP contribution in [-0.2, 0) is 9.53 Å². The second-order valence-corrected chi connectivity index (χ2v) is 5.29. The van der Waals surface area contributed by atoms with Crippen molar-refractivity contribution in [2.24, 2.45) is 0 Å². The molecule has 7 heteroatoms. The molecule has 0 atom stereocenters. The summed E-state index contributed by atoms with van der Waals surface area (Å²) in [5.41, 5.74) is 0.795. The fourth-order valence-electron chi connectivity index (χ4n) is 2.12. The molecule has 2 rings (SSSR count). The fourth-order valence-corrected chi connectivity index (χ4v) is 2.12. The monoisotopic (exact) mass is 366 g/mol. The van der Waals surface area contributed by atoms with Crippen LogP contribution in [0.5, 0.6) is 5.75 Å². The number of anilines is 1. The van der Waals surface area contributed by atoms with Gasteiger partial charge in [-0.1, -0.05) is 18.1 Å². The van der Waals surface area contributed by atoms with Crippen LogP contribution in [0.4, 0.5) is 5.69 Å². The summed E-state index contributed by atoms with van der Waals surface area (Å²) >= 11 is 0. The van der Waals surface area contributed by atoms with Crippen LogP contribution in [0.25, 0.3) is 0 Å². The molecule has 0 heterocycles. The second-order valence-electron chi connectivity index (χ2n) is 5.29. The third-order valence-electron chi connectivity index (χ3n) is 3.47. The smallest absolute Gasteiger partial charge is 0.340 e. The third-order valence-corrected chi connectivity index (χ3v) is 3.47. The van der Waals surface area contributed by atoms with Crippen LogP contribution in [0.15, 0.2) is 48.5 Å². The van der Waals surface area contributed by atoms with Gasteiger partial charge in [-0.2, -0.15) is 0 Å². The lowest BCUT2D eigenvalue weighted by molar-refractivity contribution is -0.123. The summed E-state index contributed by atoms with van der Waals surface area (Å²) in [6.07, 6.45) is 5.03.